The van der Waals surface area contributed by atoms with E-state index in [9.17, 15) is 4.79 Å². The van der Waals surface area contributed by atoms with Crippen LogP contribution in [0.25, 0.3) is 0 Å². The van der Waals surface area contributed by atoms with Gasteiger partial charge >= 0.3 is 5.97 Å². The van der Waals surface area contributed by atoms with Gasteiger partial charge in [-0.3, -0.25) is 9.79 Å². The maximum Gasteiger partial charge on any atom is 0.307 e. The molecule has 0 saturated heterocycles. The number of halogens is 1. The van der Waals surface area contributed by atoms with E-state index in [4.69, 9.17) is 4.74 Å². The van der Waals surface area contributed by atoms with Gasteiger partial charge in [0, 0.05) is 13.1 Å². The van der Waals surface area contributed by atoms with Crippen molar-refractivity contribution in [1.29, 1.82) is 0 Å². The van der Waals surface area contributed by atoms with E-state index in [-0.39, 0.29) is 29.9 Å². The lowest BCUT2D eigenvalue weighted by atomic mass is 10.1. The molecule has 2 N–H and O–H groups in total. The topological polar surface area (TPSA) is 72.0 Å². The zero-order chi connectivity index (χ0) is 16.0. The lowest BCUT2D eigenvalue weighted by Crippen LogP contribution is -2.38. The van der Waals surface area contributed by atoms with Gasteiger partial charge in [-0.1, -0.05) is 25.7 Å². The summed E-state index contributed by atoms with van der Waals surface area (Å²) >= 11 is 0. The fourth-order valence-corrected chi connectivity index (χ4v) is 2.51. The molecule has 0 aromatic carbocycles. The van der Waals surface area contributed by atoms with Gasteiger partial charge in [0.25, 0.3) is 0 Å². The quantitative estimate of drug-likeness (QED) is 0.151. The van der Waals surface area contributed by atoms with Gasteiger partial charge in [-0.25, -0.2) is 0 Å². The minimum Gasteiger partial charge on any atom is -0.469 e. The molecule has 0 atom stereocenters. The minimum absolute atomic E-state index is 0. The molecule has 0 bridgehead atoms. The summed E-state index contributed by atoms with van der Waals surface area (Å²) in [6, 6.07) is 0. The average molecular weight is 441 g/mol. The smallest absolute Gasteiger partial charge is 0.307 e. The summed E-state index contributed by atoms with van der Waals surface area (Å²) in [5.74, 6) is 0.496. The average Bonchev–Trinajstić information content (AvgIpc) is 2.80. The maximum atomic E-state index is 11.1. The van der Waals surface area contributed by atoms with E-state index in [0.29, 0.717) is 32.2 Å². The van der Waals surface area contributed by atoms with E-state index in [2.05, 4.69) is 20.4 Å². The lowest BCUT2D eigenvalue weighted by Gasteiger charge is -2.15. The Morgan fingerprint density at radius 3 is 2.48 bits per heavy atom. The molecule has 1 saturated carbocycles. The third-order valence-corrected chi connectivity index (χ3v) is 3.71. The van der Waals surface area contributed by atoms with Crippen LogP contribution in [0.4, 0.5) is 0 Å². The zero-order valence-corrected chi connectivity index (χ0v) is 16.8. The Morgan fingerprint density at radius 1 is 1.17 bits per heavy atom. The Morgan fingerprint density at radius 2 is 1.87 bits per heavy atom. The van der Waals surface area contributed by atoms with E-state index in [0.717, 1.165) is 12.5 Å². The van der Waals surface area contributed by atoms with Crippen LogP contribution in [0.2, 0.25) is 0 Å². The van der Waals surface area contributed by atoms with E-state index in [1.165, 1.54) is 45.6 Å². The van der Waals surface area contributed by atoms with Gasteiger partial charge in [-0.15, -0.1) is 24.0 Å². The molecule has 0 heterocycles. The van der Waals surface area contributed by atoms with Crippen molar-refractivity contribution in [2.75, 3.05) is 33.4 Å². The van der Waals surface area contributed by atoms with E-state index in [1.54, 1.807) is 0 Å². The molecule has 0 amide bonds. The number of nitrogens with one attached hydrogen (secondary N) is 2. The van der Waals surface area contributed by atoms with Crippen molar-refractivity contribution in [2.45, 2.75) is 58.0 Å². The summed E-state index contributed by atoms with van der Waals surface area (Å²) in [4.78, 5) is 15.5. The summed E-state index contributed by atoms with van der Waals surface area (Å²) in [6.07, 6.45) is 8.35. The monoisotopic (exact) mass is 441 g/mol. The number of nitrogens with zero attached hydrogens (tertiary/aromatic N) is 1. The van der Waals surface area contributed by atoms with Crippen molar-refractivity contribution in [2.24, 2.45) is 4.99 Å². The minimum atomic E-state index is -0.222. The van der Waals surface area contributed by atoms with Gasteiger partial charge in [0.15, 0.2) is 5.96 Å². The standard InChI is InChI=1S/C16H31N3O3.HI/c1-3-17-16(18-11-10-15(20)21-2)19-12-13-22-14-8-6-4-5-7-9-14;/h14H,3-13H2,1-2H3,(H2,17,18,19);1H. The fraction of sp³-hybridized carbons (Fsp3) is 0.875. The molecular formula is C16H32IN3O3. The highest BCUT2D eigenvalue weighted by Gasteiger charge is 2.11. The molecule has 0 spiro atoms. The van der Waals surface area contributed by atoms with Crippen molar-refractivity contribution >= 4 is 35.9 Å². The van der Waals surface area contributed by atoms with Crippen LogP contribution >= 0.6 is 24.0 Å². The fourth-order valence-electron chi connectivity index (χ4n) is 2.51. The zero-order valence-electron chi connectivity index (χ0n) is 14.4. The Kier molecular flexibility index (Phi) is 14.6. The largest absolute Gasteiger partial charge is 0.469 e. The van der Waals surface area contributed by atoms with Crippen LogP contribution in [0.1, 0.15) is 51.9 Å². The molecule has 0 aliphatic heterocycles. The Bertz CT molecular complexity index is 333. The second-order valence-corrected chi connectivity index (χ2v) is 5.50. The van der Waals surface area contributed by atoms with Crippen LogP contribution in [0.5, 0.6) is 0 Å². The molecule has 1 aliphatic carbocycles. The number of carbonyl (C=O) groups is 1. The van der Waals surface area contributed by atoms with Crippen LogP contribution in [0.15, 0.2) is 4.99 Å². The SMILES string of the molecule is CCNC(=NCCOC1CCCCCC1)NCCC(=O)OC.I. The molecule has 7 heteroatoms. The molecule has 0 radical (unpaired) electrons. The Labute approximate surface area is 157 Å². The molecular weight excluding hydrogens is 409 g/mol. The van der Waals surface area contributed by atoms with Gasteiger partial charge < -0.3 is 20.1 Å². The maximum absolute atomic E-state index is 11.1. The van der Waals surface area contributed by atoms with Gasteiger partial charge in [-0.05, 0) is 19.8 Å². The molecule has 6 nitrogen and oxygen atoms in total. The molecule has 0 aromatic rings. The number of carbonyl (C=O) groups excluding carboxylic acids is 1. The van der Waals surface area contributed by atoms with Gasteiger partial charge in [-0.2, -0.15) is 0 Å². The van der Waals surface area contributed by atoms with Crippen molar-refractivity contribution < 1.29 is 14.3 Å². The summed E-state index contributed by atoms with van der Waals surface area (Å²) in [5.41, 5.74) is 0. The van der Waals surface area contributed by atoms with Crippen molar-refractivity contribution in [3.05, 3.63) is 0 Å². The predicted octanol–water partition coefficient (Wildman–Crippen LogP) is 2.46. The first-order chi connectivity index (χ1) is 10.8. The number of aliphatic imine (C=N–C) groups is 1. The second kappa shape index (κ2) is 15.0. The summed E-state index contributed by atoms with van der Waals surface area (Å²) in [6.45, 7) is 4.59. The highest BCUT2D eigenvalue weighted by molar-refractivity contribution is 14.0. The van der Waals surface area contributed by atoms with E-state index in [1.807, 2.05) is 6.92 Å². The first-order valence-corrected chi connectivity index (χ1v) is 8.46. The molecule has 136 valence electrons. The van der Waals surface area contributed by atoms with E-state index < -0.39 is 0 Å². The third-order valence-electron chi connectivity index (χ3n) is 3.71. The summed E-state index contributed by atoms with van der Waals surface area (Å²) in [7, 11) is 1.40. The van der Waals surface area contributed by atoms with Crippen molar-refractivity contribution in [3.8, 4) is 0 Å². The van der Waals surface area contributed by atoms with Crippen LogP contribution in [-0.4, -0.2) is 51.4 Å². The third kappa shape index (κ3) is 11.6. The van der Waals surface area contributed by atoms with Crippen LogP contribution in [0, 0.1) is 0 Å². The van der Waals surface area contributed by atoms with Gasteiger partial charge in [0.2, 0.25) is 0 Å². The molecule has 1 aliphatic rings. The number of ether oxygens (including phenoxy) is 2. The summed E-state index contributed by atoms with van der Waals surface area (Å²) < 4.78 is 10.5. The molecule has 1 rings (SSSR count). The Hall–Kier alpha value is -0.570. The normalized spacial score (nSPS) is 16.2. The number of esters is 1. The number of hydrogen-bond donors (Lipinski definition) is 2. The number of guanidine groups is 1. The number of hydrogen-bond acceptors (Lipinski definition) is 4. The molecule has 0 unspecified atom stereocenters. The molecule has 0 aromatic heterocycles. The van der Waals surface area contributed by atoms with Crippen LogP contribution in [-0.2, 0) is 14.3 Å². The van der Waals surface area contributed by atoms with E-state index >= 15 is 0 Å². The van der Waals surface area contributed by atoms with Gasteiger partial charge in [0.1, 0.15) is 0 Å². The number of methoxy groups -OCH3 is 1. The molecule has 1 fully saturated rings. The Balaban J connectivity index is 0.00000484. The molecule has 23 heavy (non-hydrogen) atoms. The van der Waals surface area contributed by atoms with Crippen molar-refractivity contribution in [1.82, 2.24) is 10.6 Å². The lowest BCUT2D eigenvalue weighted by molar-refractivity contribution is -0.140. The highest BCUT2D eigenvalue weighted by atomic mass is 127. The highest BCUT2D eigenvalue weighted by Crippen LogP contribution is 2.19. The van der Waals surface area contributed by atoms with Crippen LogP contribution in [0.3, 0.4) is 0 Å². The van der Waals surface area contributed by atoms with Gasteiger partial charge in [0.05, 0.1) is 32.8 Å². The van der Waals surface area contributed by atoms with Crippen LogP contribution < -0.4 is 10.6 Å². The first-order valence-electron chi connectivity index (χ1n) is 8.46. The second-order valence-electron chi connectivity index (χ2n) is 5.50. The van der Waals surface area contributed by atoms with Crippen molar-refractivity contribution in [3.63, 3.8) is 0 Å². The number of rotatable bonds is 8. The summed E-state index contributed by atoms with van der Waals surface area (Å²) in [5, 5.41) is 6.27. The first kappa shape index (κ1) is 22.4. The predicted molar refractivity (Wildman–Crippen MR) is 103 cm³/mol.